The molecule has 108 valence electrons. The molecule has 1 aliphatic carbocycles. The number of likely N-dealkylation sites (tertiary alicyclic amines) is 1. The molecule has 1 aromatic carbocycles. The summed E-state index contributed by atoms with van der Waals surface area (Å²) in [6.45, 7) is 0.837. The smallest absolute Gasteiger partial charge is 0.233 e. The maximum atomic E-state index is 13.0. The average molecular weight is 294 g/mol. The van der Waals surface area contributed by atoms with Crippen LogP contribution in [0.2, 0.25) is 5.02 Å². The van der Waals surface area contributed by atoms with E-state index in [-0.39, 0.29) is 18.6 Å². The van der Waals surface area contributed by atoms with Gasteiger partial charge in [0.05, 0.1) is 18.1 Å². The van der Waals surface area contributed by atoms with E-state index in [4.69, 9.17) is 11.6 Å². The molecule has 1 saturated carbocycles. The molecule has 1 saturated heterocycles. The summed E-state index contributed by atoms with van der Waals surface area (Å²) in [5.41, 5.74) is 0.632. The highest BCUT2D eigenvalue weighted by molar-refractivity contribution is 6.30. The van der Waals surface area contributed by atoms with Crippen LogP contribution in [-0.2, 0) is 10.2 Å². The van der Waals surface area contributed by atoms with Gasteiger partial charge in [-0.2, -0.15) is 0 Å². The molecule has 4 heteroatoms. The van der Waals surface area contributed by atoms with Gasteiger partial charge >= 0.3 is 0 Å². The number of hydrogen-bond donors (Lipinski definition) is 1. The fourth-order valence-corrected chi connectivity index (χ4v) is 3.70. The topological polar surface area (TPSA) is 40.5 Å². The highest BCUT2D eigenvalue weighted by Gasteiger charge is 2.49. The lowest BCUT2D eigenvalue weighted by atomic mass is 9.63. The van der Waals surface area contributed by atoms with Gasteiger partial charge in [0.15, 0.2) is 0 Å². The molecule has 3 nitrogen and oxygen atoms in total. The van der Waals surface area contributed by atoms with Crippen molar-refractivity contribution in [1.82, 2.24) is 4.90 Å². The molecule has 0 spiro atoms. The Balaban J connectivity index is 1.91. The zero-order valence-electron chi connectivity index (χ0n) is 11.5. The fraction of sp³-hybridized carbons (Fsp3) is 0.562. The van der Waals surface area contributed by atoms with E-state index in [0.29, 0.717) is 5.02 Å². The highest BCUT2D eigenvalue weighted by atomic mass is 35.5. The van der Waals surface area contributed by atoms with Gasteiger partial charge < -0.3 is 10.0 Å². The number of aliphatic hydroxyl groups is 1. The number of halogens is 1. The third kappa shape index (κ3) is 2.13. The largest absolute Gasteiger partial charge is 0.394 e. The van der Waals surface area contributed by atoms with E-state index in [9.17, 15) is 9.90 Å². The van der Waals surface area contributed by atoms with Crippen LogP contribution in [0.4, 0.5) is 0 Å². The molecule has 2 aliphatic rings. The summed E-state index contributed by atoms with van der Waals surface area (Å²) in [5.74, 6) is 0.183. The number of rotatable bonds is 3. The Morgan fingerprint density at radius 2 is 2.20 bits per heavy atom. The normalized spacial score (nSPS) is 24.5. The number of hydrogen-bond acceptors (Lipinski definition) is 2. The lowest BCUT2D eigenvalue weighted by molar-refractivity contribution is -0.142. The van der Waals surface area contributed by atoms with Crippen molar-refractivity contribution < 1.29 is 9.90 Å². The van der Waals surface area contributed by atoms with Crippen molar-refractivity contribution in [2.45, 2.75) is 43.6 Å². The van der Waals surface area contributed by atoms with Crippen LogP contribution in [0.5, 0.6) is 0 Å². The second kappa shape index (κ2) is 5.38. The molecule has 3 rings (SSSR count). The van der Waals surface area contributed by atoms with Crippen molar-refractivity contribution in [2.24, 2.45) is 0 Å². The SMILES string of the molecule is O=C(N1CCC[C@@H]1CO)C1(c2cccc(Cl)c2)CCC1. The average Bonchev–Trinajstić information content (AvgIpc) is 2.85. The van der Waals surface area contributed by atoms with Gasteiger partial charge in [0.1, 0.15) is 0 Å². The van der Waals surface area contributed by atoms with Crippen LogP contribution < -0.4 is 0 Å². The maximum Gasteiger partial charge on any atom is 0.233 e. The first-order valence-electron chi connectivity index (χ1n) is 7.35. The molecule has 0 bridgehead atoms. The summed E-state index contributed by atoms with van der Waals surface area (Å²) in [4.78, 5) is 14.9. The van der Waals surface area contributed by atoms with E-state index < -0.39 is 5.41 Å². The van der Waals surface area contributed by atoms with Crippen molar-refractivity contribution >= 4 is 17.5 Å². The van der Waals surface area contributed by atoms with Crippen LogP contribution in [0.25, 0.3) is 0 Å². The number of nitrogens with zero attached hydrogens (tertiary/aromatic N) is 1. The van der Waals surface area contributed by atoms with Crippen molar-refractivity contribution in [3.63, 3.8) is 0 Å². The van der Waals surface area contributed by atoms with E-state index in [1.807, 2.05) is 29.2 Å². The molecule has 1 aromatic rings. The molecule has 0 unspecified atom stereocenters. The van der Waals surface area contributed by atoms with Gasteiger partial charge in [-0.05, 0) is 43.4 Å². The van der Waals surface area contributed by atoms with Crippen LogP contribution in [0.15, 0.2) is 24.3 Å². The Labute approximate surface area is 124 Å². The van der Waals surface area contributed by atoms with E-state index in [2.05, 4.69) is 0 Å². The molecule has 1 atom stereocenters. The van der Waals surface area contributed by atoms with Crippen molar-refractivity contribution in [1.29, 1.82) is 0 Å². The van der Waals surface area contributed by atoms with Crippen molar-refractivity contribution in [3.05, 3.63) is 34.9 Å². The molecule has 1 amide bonds. The number of aliphatic hydroxyl groups excluding tert-OH is 1. The number of benzene rings is 1. The molecular weight excluding hydrogens is 274 g/mol. The molecule has 20 heavy (non-hydrogen) atoms. The zero-order valence-corrected chi connectivity index (χ0v) is 12.3. The van der Waals surface area contributed by atoms with Gasteiger partial charge in [0, 0.05) is 11.6 Å². The third-order valence-electron chi connectivity index (χ3n) is 4.84. The quantitative estimate of drug-likeness (QED) is 0.931. The minimum absolute atomic E-state index is 0.000779. The summed E-state index contributed by atoms with van der Waals surface area (Å²) in [6.07, 6.45) is 4.76. The Bertz CT molecular complexity index is 513. The second-order valence-electron chi connectivity index (χ2n) is 5.92. The highest BCUT2D eigenvalue weighted by Crippen LogP contribution is 2.46. The van der Waals surface area contributed by atoms with Gasteiger partial charge in [0.2, 0.25) is 5.91 Å². The molecular formula is C16H20ClNO2. The van der Waals surface area contributed by atoms with Crippen molar-refractivity contribution in [3.8, 4) is 0 Å². The van der Waals surface area contributed by atoms with E-state index in [0.717, 1.165) is 44.2 Å². The monoisotopic (exact) mass is 293 g/mol. The third-order valence-corrected chi connectivity index (χ3v) is 5.08. The first-order chi connectivity index (χ1) is 9.67. The van der Waals surface area contributed by atoms with Crippen LogP contribution in [0.1, 0.15) is 37.7 Å². The Hall–Kier alpha value is -1.06. The number of amides is 1. The van der Waals surface area contributed by atoms with E-state index >= 15 is 0 Å². The first kappa shape index (κ1) is 13.9. The molecule has 1 N–H and O–H groups in total. The minimum atomic E-state index is -0.400. The Morgan fingerprint density at radius 3 is 2.80 bits per heavy atom. The summed E-state index contributed by atoms with van der Waals surface area (Å²) >= 11 is 6.09. The minimum Gasteiger partial charge on any atom is -0.394 e. The lowest BCUT2D eigenvalue weighted by Gasteiger charge is -2.44. The van der Waals surface area contributed by atoms with Crippen LogP contribution >= 0.6 is 11.6 Å². The second-order valence-corrected chi connectivity index (χ2v) is 6.36. The van der Waals surface area contributed by atoms with Gasteiger partial charge in [-0.25, -0.2) is 0 Å². The summed E-state index contributed by atoms with van der Waals surface area (Å²) in [5, 5.41) is 10.1. The fourth-order valence-electron chi connectivity index (χ4n) is 3.51. The Kier molecular flexibility index (Phi) is 3.74. The van der Waals surface area contributed by atoms with Gasteiger partial charge in [0.25, 0.3) is 0 Å². The molecule has 0 aromatic heterocycles. The van der Waals surface area contributed by atoms with E-state index in [1.54, 1.807) is 0 Å². The molecule has 2 fully saturated rings. The number of carbonyl (C=O) groups excluding carboxylic acids is 1. The summed E-state index contributed by atoms with van der Waals surface area (Å²) < 4.78 is 0. The molecule has 1 aliphatic heterocycles. The van der Waals surface area contributed by atoms with Crippen LogP contribution in [0.3, 0.4) is 0 Å². The summed E-state index contributed by atoms with van der Waals surface area (Å²) in [7, 11) is 0. The molecule has 0 radical (unpaired) electrons. The predicted octanol–water partition coefficient (Wildman–Crippen LogP) is 2.75. The van der Waals surface area contributed by atoms with Gasteiger partial charge in [-0.3, -0.25) is 4.79 Å². The number of carbonyl (C=O) groups is 1. The van der Waals surface area contributed by atoms with Crippen molar-refractivity contribution in [2.75, 3.05) is 13.2 Å². The Morgan fingerprint density at radius 1 is 1.40 bits per heavy atom. The van der Waals surface area contributed by atoms with Gasteiger partial charge in [-0.1, -0.05) is 30.2 Å². The summed E-state index contributed by atoms with van der Waals surface area (Å²) in [6, 6.07) is 7.68. The maximum absolute atomic E-state index is 13.0. The standard InChI is InChI=1S/C16H20ClNO2/c17-13-5-1-4-12(10-13)16(7-3-8-16)15(20)18-9-2-6-14(18)11-19/h1,4-5,10,14,19H,2-3,6-9,11H2/t14-/m1/s1. The zero-order chi connectivity index (χ0) is 14.2. The van der Waals surface area contributed by atoms with E-state index in [1.165, 1.54) is 0 Å². The predicted molar refractivity (Wildman–Crippen MR) is 78.8 cm³/mol. The van der Waals surface area contributed by atoms with Crippen LogP contribution in [0, 0.1) is 0 Å². The van der Waals surface area contributed by atoms with Crippen LogP contribution in [-0.4, -0.2) is 35.1 Å². The lowest BCUT2D eigenvalue weighted by Crippen LogP contribution is -2.53. The first-order valence-corrected chi connectivity index (χ1v) is 7.73. The van der Waals surface area contributed by atoms with Gasteiger partial charge in [-0.15, -0.1) is 0 Å². The molecule has 1 heterocycles.